The van der Waals surface area contributed by atoms with Gasteiger partial charge in [0.05, 0.1) is 6.04 Å². The summed E-state index contributed by atoms with van der Waals surface area (Å²) in [6, 6.07) is 15.3. The number of benzene rings is 2. The molecule has 2 atom stereocenters. The SMILES string of the molecule is O=C1CCCC[C@H]1[C@@H](Nc1cccc(Cl)c1)c1ccc(Cl)cc1. The van der Waals surface area contributed by atoms with E-state index in [0.29, 0.717) is 22.2 Å². The maximum Gasteiger partial charge on any atom is 0.138 e. The Hall–Kier alpha value is -1.51. The predicted octanol–water partition coefficient (Wildman–Crippen LogP) is 5.91. The van der Waals surface area contributed by atoms with Crippen LogP contribution >= 0.6 is 23.2 Å². The molecule has 4 heteroatoms. The van der Waals surface area contributed by atoms with Gasteiger partial charge in [-0.05, 0) is 48.7 Å². The normalized spacial score (nSPS) is 19.4. The van der Waals surface area contributed by atoms with Crippen LogP contribution in [0.1, 0.15) is 37.3 Å². The highest BCUT2D eigenvalue weighted by Gasteiger charge is 2.31. The van der Waals surface area contributed by atoms with Crippen molar-refractivity contribution in [2.45, 2.75) is 31.7 Å². The van der Waals surface area contributed by atoms with Gasteiger partial charge in [0.25, 0.3) is 0 Å². The molecule has 1 aliphatic carbocycles. The third kappa shape index (κ3) is 4.07. The monoisotopic (exact) mass is 347 g/mol. The lowest BCUT2D eigenvalue weighted by Gasteiger charge is -2.31. The number of carbonyl (C=O) groups is 1. The number of nitrogens with one attached hydrogen (secondary N) is 1. The number of rotatable bonds is 4. The standard InChI is InChI=1S/C19H19Cl2NO/c20-14-10-8-13(9-11-14)19(17-6-1-2-7-18(17)23)22-16-5-3-4-15(21)12-16/h3-5,8-12,17,19,22H,1-2,6-7H2/t17-,19+/m1/s1. The molecule has 0 aliphatic heterocycles. The minimum Gasteiger partial charge on any atom is -0.377 e. The summed E-state index contributed by atoms with van der Waals surface area (Å²) in [5, 5.41) is 4.89. The zero-order valence-corrected chi connectivity index (χ0v) is 14.3. The molecule has 1 aliphatic rings. The van der Waals surface area contributed by atoms with Crippen LogP contribution in [0.4, 0.5) is 5.69 Å². The number of hydrogen-bond donors (Lipinski definition) is 1. The number of carbonyl (C=O) groups excluding carboxylic acids is 1. The van der Waals surface area contributed by atoms with Crippen LogP contribution in [0, 0.1) is 5.92 Å². The van der Waals surface area contributed by atoms with Gasteiger partial charge in [0, 0.05) is 28.1 Å². The molecule has 2 aromatic carbocycles. The Kier molecular flexibility index (Phi) is 5.24. The average molecular weight is 348 g/mol. The van der Waals surface area contributed by atoms with Crippen LogP contribution in [0.15, 0.2) is 48.5 Å². The molecular weight excluding hydrogens is 329 g/mol. The van der Waals surface area contributed by atoms with E-state index in [2.05, 4.69) is 5.32 Å². The fourth-order valence-electron chi connectivity index (χ4n) is 3.21. The van der Waals surface area contributed by atoms with Crippen molar-refractivity contribution in [1.29, 1.82) is 0 Å². The molecule has 0 aromatic heterocycles. The van der Waals surface area contributed by atoms with Crippen molar-refractivity contribution in [2.75, 3.05) is 5.32 Å². The van der Waals surface area contributed by atoms with E-state index < -0.39 is 0 Å². The minimum absolute atomic E-state index is 0.0103. The van der Waals surface area contributed by atoms with Gasteiger partial charge in [-0.25, -0.2) is 0 Å². The zero-order valence-electron chi connectivity index (χ0n) is 12.8. The van der Waals surface area contributed by atoms with Crippen LogP contribution in [0.2, 0.25) is 10.0 Å². The number of anilines is 1. The van der Waals surface area contributed by atoms with E-state index in [1.165, 1.54) is 0 Å². The maximum absolute atomic E-state index is 12.4. The van der Waals surface area contributed by atoms with Gasteiger partial charge >= 0.3 is 0 Å². The smallest absolute Gasteiger partial charge is 0.138 e. The Balaban J connectivity index is 1.92. The molecule has 1 N–H and O–H groups in total. The molecule has 120 valence electrons. The Morgan fingerprint density at radius 2 is 1.78 bits per heavy atom. The molecule has 0 saturated heterocycles. The molecule has 1 fully saturated rings. The highest BCUT2D eigenvalue weighted by Crippen LogP contribution is 2.35. The van der Waals surface area contributed by atoms with Gasteiger partial charge in [-0.3, -0.25) is 4.79 Å². The van der Waals surface area contributed by atoms with Crippen LogP contribution < -0.4 is 5.32 Å². The fourth-order valence-corrected chi connectivity index (χ4v) is 3.52. The quantitative estimate of drug-likeness (QED) is 0.745. The summed E-state index contributed by atoms with van der Waals surface area (Å²) in [5.41, 5.74) is 2.01. The Labute approximate surface area is 146 Å². The summed E-state index contributed by atoms with van der Waals surface area (Å²) in [5.74, 6) is 0.328. The van der Waals surface area contributed by atoms with E-state index in [1.807, 2.05) is 48.5 Å². The van der Waals surface area contributed by atoms with Gasteiger partial charge in [0.1, 0.15) is 5.78 Å². The van der Waals surface area contributed by atoms with Crippen LogP contribution in [-0.4, -0.2) is 5.78 Å². The maximum atomic E-state index is 12.4. The van der Waals surface area contributed by atoms with E-state index in [-0.39, 0.29) is 12.0 Å². The lowest BCUT2D eigenvalue weighted by molar-refractivity contribution is -0.125. The molecule has 0 unspecified atom stereocenters. The molecule has 3 rings (SSSR count). The number of Topliss-reactive ketones (excluding diaryl/α,β-unsaturated/α-hetero) is 1. The molecule has 2 aromatic rings. The van der Waals surface area contributed by atoms with E-state index in [9.17, 15) is 4.79 Å². The summed E-state index contributed by atoms with van der Waals surface area (Å²) in [4.78, 5) is 12.4. The van der Waals surface area contributed by atoms with Gasteiger partial charge in [-0.1, -0.05) is 47.8 Å². The van der Waals surface area contributed by atoms with Crippen molar-refractivity contribution >= 4 is 34.7 Å². The van der Waals surface area contributed by atoms with E-state index >= 15 is 0 Å². The first-order chi connectivity index (χ1) is 11.1. The molecule has 0 radical (unpaired) electrons. The number of halogens is 2. The lowest BCUT2D eigenvalue weighted by Crippen LogP contribution is -2.30. The van der Waals surface area contributed by atoms with Gasteiger partial charge in [-0.15, -0.1) is 0 Å². The minimum atomic E-state index is -0.0569. The van der Waals surface area contributed by atoms with Crippen molar-refractivity contribution < 1.29 is 4.79 Å². The van der Waals surface area contributed by atoms with E-state index in [4.69, 9.17) is 23.2 Å². The second kappa shape index (κ2) is 7.37. The first-order valence-electron chi connectivity index (χ1n) is 7.94. The highest BCUT2D eigenvalue weighted by atomic mass is 35.5. The van der Waals surface area contributed by atoms with Crippen molar-refractivity contribution in [3.05, 3.63) is 64.1 Å². The van der Waals surface area contributed by atoms with Crippen LogP contribution in [0.5, 0.6) is 0 Å². The molecule has 0 spiro atoms. The fraction of sp³-hybridized carbons (Fsp3) is 0.316. The Bertz CT molecular complexity index is 684. The van der Waals surface area contributed by atoms with Gasteiger partial charge in [0.15, 0.2) is 0 Å². The summed E-state index contributed by atoms with van der Waals surface area (Å²) in [6.45, 7) is 0. The first kappa shape index (κ1) is 16.4. The molecule has 23 heavy (non-hydrogen) atoms. The summed E-state index contributed by atoms with van der Waals surface area (Å²) in [7, 11) is 0. The van der Waals surface area contributed by atoms with Crippen molar-refractivity contribution in [2.24, 2.45) is 5.92 Å². The van der Waals surface area contributed by atoms with Crippen LogP contribution in [0.3, 0.4) is 0 Å². The van der Waals surface area contributed by atoms with Crippen LogP contribution in [-0.2, 0) is 4.79 Å². The summed E-state index contributed by atoms with van der Waals surface area (Å²) >= 11 is 12.1. The van der Waals surface area contributed by atoms with Gasteiger partial charge in [-0.2, -0.15) is 0 Å². The molecular formula is C19H19Cl2NO. The average Bonchev–Trinajstić information content (AvgIpc) is 2.54. The van der Waals surface area contributed by atoms with E-state index in [1.54, 1.807) is 0 Å². The molecule has 2 nitrogen and oxygen atoms in total. The Morgan fingerprint density at radius 3 is 2.48 bits per heavy atom. The van der Waals surface area contributed by atoms with Crippen molar-refractivity contribution in [3.8, 4) is 0 Å². The number of hydrogen-bond acceptors (Lipinski definition) is 2. The molecule has 0 bridgehead atoms. The highest BCUT2D eigenvalue weighted by molar-refractivity contribution is 6.31. The Morgan fingerprint density at radius 1 is 1.00 bits per heavy atom. The second-order valence-corrected chi connectivity index (χ2v) is 6.88. The predicted molar refractivity (Wildman–Crippen MR) is 96.2 cm³/mol. The van der Waals surface area contributed by atoms with Crippen LogP contribution in [0.25, 0.3) is 0 Å². The summed E-state index contributed by atoms with van der Waals surface area (Å²) in [6.07, 6.45) is 3.68. The third-order valence-corrected chi connectivity index (χ3v) is 4.87. The lowest BCUT2D eigenvalue weighted by atomic mass is 9.80. The molecule has 1 saturated carbocycles. The number of ketones is 1. The molecule has 0 heterocycles. The topological polar surface area (TPSA) is 29.1 Å². The third-order valence-electron chi connectivity index (χ3n) is 4.38. The second-order valence-electron chi connectivity index (χ2n) is 6.00. The summed E-state index contributed by atoms with van der Waals surface area (Å²) < 4.78 is 0. The van der Waals surface area contributed by atoms with Gasteiger partial charge in [0.2, 0.25) is 0 Å². The largest absolute Gasteiger partial charge is 0.377 e. The van der Waals surface area contributed by atoms with Crippen molar-refractivity contribution in [1.82, 2.24) is 0 Å². The molecule has 0 amide bonds. The van der Waals surface area contributed by atoms with Crippen molar-refractivity contribution in [3.63, 3.8) is 0 Å². The van der Waals surface area contributed by atoms with Gasteiger partial charge < -0.3 is 5.32 Å². The first-order valence-corrected chi connectivity index (χ1v) is 8.69. The zero-order chi connectivity index (χ0) is 16.2. The van der Waals surface area contributed by atoms with E-state index in [0.717, 1.165) is 30.5 Å².